The van der Waals surface area contributed by atoms with Gasteiger partial charge in [0.15, 0.2) is 11.6 Å². The fourth-order valence-electron chi connectivity index (χ4n) is 1.82. The SMILES string of the molecule is COc1cc(NC(CO)CC(C)C)c(N)cc1F. The molecule has 1 rings (SSSR count). The molecule has 1 unspecified atom stereocenters. The Morgan fingerprint density at radius 1 is 1.44 bits per heavy atom. The molecule has 1 atom stereocenters. The van der Waals surface area contributed by atoms with E-state index in [1.54, 1.807) is 0 Å². The first-order chi connectivity index (χ1) is 8.47. The van der Waals surface area contributed by atoms with Gasteiger partial charge in [-0.2, -0.15) is 0 Å². The molecule has 0 fully saturated rings. The highest BCUT2D eigenvalue weighted by molar-refractivity contribution is 5.69. The van der Waals surface area contributed by atoms with Crippen molar-refractivity contribution in [3.63, 3.8) is 0 Å². The van der Waals surface area contributed by atoms with Crippen molar-refractivity contribution < 1.29 is 14.2 Å². The lowest BCUT2D eigenvalue weighted by molar-refractivity contribution is 0.259. The molecule has 0 spiro atoms. The van der Waals surface area contributed by atoms with Gasteiger partial charge in [0.05, 0.1) is 25.1 Å². The van der Waals surface area contributed by atoms with Crippen LogP contribution in [0.4, 0.5) is 15.8 Å². The molecule has 1 aromatic rings. The van der Waals surface area contributed by atoms with Gasteiger partial charge >= 0.3 is 0 Å². The van der Waals surface area contributed by atoms with Crippen LogP contribution in [0.2, 0.25) is 0 Å². The van der Waals surface area contributed by atoms with Gasteiger partial charge < -0.3 is 20.9 Å². The minimum atomic E-state index is -0.495. The second-order valence-corrected chi connectivity index (χ2v) is 4.73. The number of methoxy groups -OCH3 is 1. The fraction of sp³-hybridized carbons (Fsp3) is 0.538. The standard InChI is InChI=1S/C13H21FN2O2/c1-8(2)4-9(7-17)16-12-6-13(18-3)10(14)5-11(12)15/h5-6,8-9,16-17H,4,7,15H2,1-3H3. The average molecular weight is 256 g/mol. The minimum Gasteiger partial charge on any atom is -0.494 e. The summed E-state index contributed by atoms with van der Waals surface area (Å²) in [5.74, 6) is 0.0797. The number of benzene rings is 1. The van der Waals surface area contributed by atoms with Gasteiger partial charge in [-0.05, 0) is 12.3 Å². The third-order valence-corrected chi connectivity index (χ3v) is 2.66. The van der Waals surface area contributed by atoms with Crippen LogP contribution in [0.3, 0.4) is 0 Å². The number of rotatable bonds is 6. The number of aliphatic hydroxyl groups excluding tert-OH is 1. The summed E-state index contributed by atoms with van der Waals surface area (Å²) in [5, 5.41) is 12.4. The smallest absolute Gasteiger partial charge is 0.167 e. The number of nitrogen functional groups attached to an aromatic ring is 1. The van der Waals surface area contributed by atoms with Gasteiger partial charge in [-0.15, -0.1) is 0 Å². The molecule has 0 saturated heterocycles. The van der Waals surface area contributed by atoms with Gasteiger partial charge in [0.1, 0.15) is 0 Å². The van der Waals surface area contributed by atoms with E-state index in [4.69, 9.17) is 10.5 Å². The fourth-order valence-corrected chi connectivity index (χ4v) is 1.82. The summed E-state index contributed by atoms with van der Waals surface area (Å²) in [6.07, 6.45) is 0.801. The van der Waals surface area contributed by atoms with Crippen LogP contribution in [-0.4, -0.2) is 24.9 Å². The largest absolute Gasteiger partial charge is 0.494 e. The Kier molecular flexibility index (Phi) is 5.22. The van der Waals surface area contributed by atoms with Crippen molar-refractivity contribution in [2.45, 2.75) is 26.3 Å². The minimum absolute atomic E-state index is 0.00267. The van der Waals surface area contributed by atoms with Gasteiger partial charge in [-0.3, -0.25) is 0 Å². The molecule has 0 aliphatic rings. The van der Waals surface area contributed by atoms with Crippen molar-refractivity contribution in [3.8, 4) is 5.75 Å². The maximum absolute atomic E-state index is 13.4. The van der Waals surface area contributed by atoms with Crippen LogP contribution in [0.1, 0.15) is 20.3 Å². The van der Waals surface area contributed by atoms with E-state index in [1.165, 1.54) is 19.2 Å². The second kappa shape index (κ2) is 6.44. The number of hydrogen-bond donors (Lipinski definition) is 3. The van der Waals surface area contributed by atoms with Crippen LogP contribution in [0.15, 0.2) is 12.1 Å². The van der Waals surface area contributed by atoms with Crippen molar-refractivity contribution >= 4 is 11.4 Å². The molecule has 102 valence electrons. The number of nitrogens with one attached hydrogen (secondary N) is 1. The highest BCUT2D eigenvalue weighted by atomic mass is 19.1. The summed E-state index contributed by atoms with van der Waals surface area (Å²) in [6.45, 7) is 4.13. The molecule has 0 amide bonds. The molecule has 0 aromatic heterocycles. The molecule has 0 radical (unpaired) electrons. The Morgan fingerprint density at radius 3 is 2.61 bits per heavy atom. The molecule has 0 saturated carbocycles. The maximum atomic E-state index is 13.4. The Labute approximate surface area is 107 Å². The number of ether oxygens (including phenoxy) is 1. The van der Waals surface area contributed by atoms with Crippen molar-refractivity contribution in [2.24, 2.45) is 5.92 Å². The molecule has 1 aromatic carbocycles. The van der Waals surface area contributed by atoms with Crippen LogP contribution in [0, 0.1) is 11.7 Å². The molecule has 5 heteroatoms. The monoisotopic (exact) mass is 256 g/mol. The Morgan fingerprint density at radius 2 is 2.11 bits per heavy atom. The highest BCUT2D eigenvalue weighted by Gasteiger charge is 2.13. The molecule has 0 aliphatic heterocycles. The van der Waals surface area contributed by atoms with Crippen LogP contribution < -0.4 is 15.8 Å². The van der Waals surface area contributed by atoms with Crippen molar-refractivity contribution in [1.29, 1.82) is 0 Å². The Bertz CT molecular complexity index is 397. The summed E-state index contributed by atoms with van der Waals surface area (Å²) < 4.78 is 18.3. The zero-order valence-corrected chi connectivity index (χ0v) is 11.0. The summed E-state index contributed by atoms with van der Waals surface area (Å²) in [5.41, 5.74) is 6.62. The lowest BCUT2D eigenvalue weighted by Gasteiger charge is -2.21. The van der Waals surface area contributed by atoms with Gasteiger partial charge in [0.25, 0.3) is 0 Å². The number of aliphatic hydroxyl groups is 1. The van der Waals surface area contributed by atoms with E-state index in [2.05, 4.69) is 19.2 Å². The first-order valence-corrected chi connectivity index (χ1v) is 5.98. The Hall–Kier alpha value is -1.49. The first-order valence-electron chi connectivity index (χ1n) is 5.98. The normalized spacial score (nSPS) is 12.6. The van der Waals surface area contributed by atoms with E-state index in [0.717, 1.165) is 6.42 Å². The molecular weight excluding hydrogens is 235 g/mol. The second-order valence-electron chi connectivity index (χ2n) is 4.73. The first kappa shape index (κ1) is 14.6. The lowest BCUT2D eigenvalue weighted by atomic mass is 10.0. The number of hydrogen-bond acceptors (Lipinski definition) is 4. The zero-order valence-electron chi connectivity index (χ0n) is 11.0. The van der Waals surface area contributed by atoms with E-state index < -0.39 is 5.82 Å². The van der Waals surface area contributed by atoms with Crippen LogP contribution >= 0.6 is 0 Å². The van der Waals surface area contributed by atoms with E-state index in [9.17, 15) is 9.50 Å². The van der Waals surface area contributed by atoms with E-state index in [0.29, 0.717) is 17.3 Å². The summed E-state index contributed by atoms with van der Waals surface area (Å²) in [4.78, 5) is 0. The van der Waals surface area contributed by atoms with Gasteiger partial charge in [0, 0.05) is 18.2 Å². The van der Waals surface area contributed by atoms with E-state index >= 15 is 0 Å². The van der Waals surface area contributed by atoms with Crippen LogP contribution in [0.25, 0.3) is 0 Å². The number of nitrogens with two attached hydrogens (primary N) is 1. The molecular formula is C13H21FN2O2. The lowest BCUT2D eigenvalue weighted by Crippen LogP contribution is -2.26. The topological polar surface area (TPSA) is 67.5 Å². The van der Waals surface area contributed by atoms with Crippen molar-refractivity contribution in [1.82, 2.24) is 0 Å². The molecule has 4 nitrogen and oxygen atoms in total. The summed E-state index contributed by atoms with van der Waals surface area (Å²) in [7, 11) is 1.40. The molecule has 0 aliphatic carbocycles. The van der Waals surface area contributed by atoms with Crippen LogP contribution in [0.5, 0.6) is 5.75 Å². The van der Waals surface area contributed by atoms with Gasteiger partial charge in [-0.25, -0.2) is 4.39 Å². The third kappa shape index (κ3) is 3.77. The summed E-state index contributed by atoms with van der Waals surface area (Å²) >= 11 is 0. The van der Waals surface area contributed by atoms with Crippen LogP contribution in [-0.2, 0) is 0 Å². The molecule has 0 bridgehead atoms. The van der Waals surface area contributed by atoms with Gasteiger partial charge in [-0.1, -0.05) is 13.8 Å². The van der Waals surface area contributed by atoms with Crippen molar-refractivity contribution in [3.05, 3.63) is 17.9 Å². The Balaban J connectivity index is 2.88. The van der Waals surface area contributed by atoms with E-state index in [-0.39, 0.29) is 18.4 Å². The van der Waals surface area contributed by atoms with Crippen molar-refractivity contribution in [2.75, 3.05) is 24.8 Å². The highest BCUT2D eigenvalue weighted by Crippen LogP contribution is 2.29. The van der Waals surface area contributed by atoms with Gasteiger partial charge in [0.2, 0.25) is 0 Å². The predicted molar refractivity (Wildman–Crippen MR) is 71.3 cm³/mol. The molecule has 4 N–H and O–H groups in total. The average Bonchev–Trinajstić information content (AvgIpc) is 2.30. The predicted octanol–water partition coefficient (Wildman–Crippen LogP) is 2.24. The quantitative estimate of drug-likeness (QED) is 0.683. The van der Waals surface area contributed by atoms with E-state index in [1.807, 2.05) is 0 Å². The molecule has 18 heavy (non-hydrogen) atoms. The zero-order chi connectivity index (χ0) is 13.7. The number of halogens is 1. The maximum Gasteiger partial charge on any atom is 0.167 e. The number of anilines is 2. The summed E-state index contributed by atoms with van der Waals surface area (Å²) in [6, 6.07) is 2.61. The molecule has 0 heterocycles. The third-order valence-electron chi connectivity index (χ3n) is 2.66.